The molecule has 96 valence electrons. The van der Waals surface area contributed by atoms with Crippen LogP contribution in [0.1, 0.15) is 24.2 Å². The number of nitriles is 1. The molecule has 2 aromatic rings. The number of nitrogens with zero attached hydrogens (tertiary/aromatic N) is 1. The molecule has 0 fully saturated rings. The minimum atomic E-state index is -0.567. The summed E-state index contributed by atoms with van der Waals surface area (Å²) in [7, 11) is 0. The highest BCUT2D eigenvalue weighted by atomic mass is 35.5. The molecule has 1 atom stereocenters. The van der Waals surface area contributed by atoms with Gasteiger partial charge in [0.2, 0.25) is 0 Å². The largest absolute Gasteiger partial charge is 0.389 e. The molecule has 0 aromatic heterocycles. The van der Waals surface area contributed by atoms with E-state index in [-0.39, 0.29) is 0 Å². The number of halogens is 1. The van der Waals surface area contributed by atoms with E-state index in [1.165, 1.54) is 11.8 Å². The second-order valence-electron chi connectivity index (χ2n) is 4.10. The molecule has 1 N–H and O–H groups in total. The summed E-state index contributed by atoms with van der Waals surface area (Å²) in [5, 5.41) is 19.4. The summed E-state index contributed by atoms with van der Waals surface area (Å²) in [6, 6.07) is 14.9. The summed E-state index contributed by atoms with van der Waals surface area (Å²) in [5.74, 6) is 0. The van der Waals surface area contributed by atoms with Crippen LogP contribution in [0.2, 0.25) is 5.02 Å². The third-order valence-corrected chi connectivity index (χ3v) is 3.97. The van der Waals surface area contributed by atoms with E-state index in [1.54, 1.807) is 25.1 Å². The zero-order valence-electron chi connectivity index (χ0n) is 10.3. The summed E-state index contributed by atoms with van der Waals surface area (Å²) in [6.45, 7) is 1.72. The Bertz CT molecular complexity index is 617. The van der Waals surface area contributed by atoms with Crippen molar-refractivity contribution in [1.82, 2.24) is 0 Å². The zero-order chi connectivity index (χ0) is 13.8. The van der Waals surface area contributed by atoms with Crippen LogP contribution < -0.4 is 0 Å². The third kappa shape index (κ3) is 3.51. The van der Waals surface area contributed by atoms with Gasteiger partial charge in [0.05, 0.1) is 17.7 Å². The summed E-state index contributed by atoms with van der Waals surface area (Å²) >= 11 is 7.36. The fourth-order valence-electron chi connectivity index (χ4n) is 1.67. The lowest BCUT2D eigenvalue weighted by Crippen LogP contribution is -1.94. The van der Waals surface area contributed by atoms with Crippen LogP contribution in [0.25, 0.3) is 0 Å². The number of hydrogen-bond acceptors (Lipinski definition) is 3. The van der Waals surface area contributed by atoms with Crippen molar-refractivity contribution in [3.05, 3.63) is 58.6 Å². The van der Waals surface area contributed by atoms with Crippen LogP contribution in [0.3, 0.4) is 0 Å². The van der Waals surface area contributed by atoms with E-state index in [1.807, 2.05) is 24.3 Å². The van der Waals surface area contributed by atoms with Crippen LogP contribution in [0, 0.1) is 11.3 Å². The summed E-state index contributed by atoms with van der Waals surface area (Å²) in [6.07, 6.45) is -0.567. The Morgan fingerprint density at radius 2 is 1.89 bits per heavy atom. The van der Waals surface area contributed by atoms with Crippen LogP contribution in [-0.4, -0.2) is 5.11 Å². The molecule has 0 amide bonds. The smallest absolute Gasteiger partial charge is 0.0992 e. The summed E-state index contributed by atoms with van der Waals surface area (Å²) in [5.41, 5.74) is 1.40. The standard InChI is InChI=1S/C15H12ClNOS/c1-10(18)14-7-2-11(9-17)8-15(14)19-13-5-3-12(16)4-6-13/h2-8,10,18H,1H3/t10-/m0/s1. The SMILES string of the molecule is C[C@H](O)c1ccc(C#N)cc1Sc1ccc(Cl)cc1. The predicted molar refractivity (Wildman–Crippen MR) is 77.4 cm³/mol. The third-order valence-electron chi connectivity index (χ3n) is 2.63. The van der Waals surface area contributed by atoms with Crippen molar-refractivity contribution in [2.24, 2.45) is 0 Å². The maximum absolute atomic E-state index is 9.77. The van der Waals surface area contributed by atoms with Crippen molar-refractivity contribution in [3.8, 4) is 6.07 Å². The van der Waals surface area contributed by atoms with Gasteiger partial charge in [-0.15, -0.1) is 0 Å². The Balaban J connectivity index is 2.37. The van der Waals surface area contributed by atoms with E-state index in [0.717, 1.165) is 15.4 Å². The predicted octanol–water partition coefficient (Wildman–Crippen LogP) is 4.42. The van der Waals surface area contributed by atoms with E-state index < -0.39 is 6.10 Å². The molecule has 0 saturated carbocycles. The molecule has 0 bridgehead atoms. The number of rotatable bonds is 3. The Labute approximate surface area is 121 Å². The van der Waals surface area contributed by atoms with E-state index >= 15 is 0 Å². The van der Waals surface area contributed by atoms with E-state index in [9.17, 15) is 5.11 Å². The van der Waals surface area contributed by atoms with Gasteiger partial charge < -0.3 is 5.11 Å². The topological polar surface area (TPSA) is 44.0 Å². The molecule has 0 spiro atoms. The second-order valence-corrected chi connectivity index (χ2v) is 5.65. The first-order chi connectivity index (χ1) is 9.10. The molecular weight excluding hydrogens is 278 g/mol. The van der Waals surface area contributed by atoms with Gasteiger partial charge in [0.15, 0.2) is 0 Å². The molecule has 0 unspecified atom stereocenters. The average Bonchev–Trinajstić information content (AvgIpc) is 2.41. The minimum Gasteiger partial charge on any atom is -0.389 e. The highest BCUT2D eigenvalue weighted by Gasteiger charge is 2.10. The van der Waals surface area contributed by atoms with Gasteiger partial charge in [-0.05, 0) is 48.9 Å². The lowest BCUT2D eigenvalue weighted by Gasteiger charge is -2.12. The van der Waals surface area contributed by atoms with Crippen LogP contribution >= 0.6 is 23.4 Å². The maximum Gasteiger partial charge on any atom is 0.0992 e. The normalized spacial score (nSPS) is 11.9. The van der Waals surface area contributed by atoms with Crippen LogP contribution in [0.4, 0.5) is 0 Å². The molecule has 2 nitrogen and oxygen atoms in total. The fourth-order valence-corrected chi connectivity index (χ4v) is 2.86. The van der Waals surface area contributed by atoms with E-state index in [4.69, 9.17) is 16.9 Å². The van der Waals surface area contributed by atoms with Gasteiger partial charge >= 0.3 is 0 Å². The van der Waals surface area contributed by atoms with Gasteiger partial charge in [-0.25, -0.2) is 0 Å². The van der Waals surface area contributed by atoms with Gasteiger partial charge in [-0.1, -0.05) is 29.4 Å². The molecule has 2 aromatic carbocycles. The van der Waals surface area contributed by atoms with Crippen molar-refractivity contribution in [3.63, 3.8) is 0 Å². The van der Waals surface area contributed by atoms with Crippen molar-refractivity contribution in [1.29, 1.82) is 5.26 Å². The second kappa shape index (κ2) is 6.12. The Hall–Kier alpha value is -1.47. The van der Waals surface area contributed by atoms with Crippen molar-refractivity contribution >= 4 is 23.4 Å². The molecule has 0 aliphatic heterocycles. The number of aliphatic hydroxyl groups is 1. The molecule has 2 rings (SSSR count). The van der Waals surface area contributed by atoms with Gasteiger partial charge in [0, 0.05) is 14.8 Å². The van der Waals surface area contributed by atoms with Crippen LogP contribution in [0.5, 0.6) is 0 Å². The molecule has 0 aliphatic carbocycles. The highest BCUT2D eigenvalue weighted by molar-refractivity contribution is 7.99. The lowest BCUT2D eigenvalue weighted by atomic mass is 10.1. The van der Waals surface area contributed by atoms with Gasteiger partial charge in [0.1, 0.15) is 0 Å². The van der Waals surface area contributed by atoms with Crippen molar-refractivity contribution < 1.29 is 5.11 Å². The summed E-state index contributed by atoms with van der Waals surface area (Å²) in [4.78, 5) is 1.90. The van der Waals surface area contributed by atoms with Crippen molar-refractivity contribution in [2.75, 3.05) is 0 Å². The number of aliphatic hydroxyl groups excluding tert-OH is 1. The highest BCUT2D eigenvalue weighted by Crippen LogP contribution is 2.34. The number of hydrogen-bond donors (Lipinski definition) is 1. The first kappa shape index (κ1) is 14.0. The molecule has 0 aliphatic rings. The molecule has 4 heteroatoms. The fraction of sp³-hybridized carbons (Fsp3) is 0.133. The summed E-state index contributed by atoms with van der Waals surface area (Å²) < 4.78 is 0. The zero-order valence-corrected chi connectivity index (χ0v) is 11.9. The van der Waals surface area contributed by atoms with Crippen LogP contribution in [0.15, 0.2) is 52.3 Å². The van der Waals surface area contributed by atoms with Crippen molar-refractivity contribution in [2.45, 2.75) is 22.8 Å². The van der Waals surface area contributed by atoms with Gasteiger partial charge in [-0.3, -0.25) is 0 Å². The molecule has 0 radical (unpaired) electrons. The molecule has 19 heavy (non-hydrogen) atoms. The first-order valence-corrected chi connectivity index (χ1v) is 6.95. The molecular formula is C15H12ClNOS. The monoisotopic (exact) mass is 289 g/mol. The average molecular weight is 290 g/mol. The first-order valence-electron chi connectivity index (χ1n) is 5.75. The Morgan fingerprint density at radius 1 is 1.21 bits per heavy atom. The van der Waals surface area contributed by atoms with Gasteiger partial charge in [-0.2, -0.15) is 5.26 Å². The van der Waals surface area contributed by atoms with E-state index in [2.05, 4.69) is 6.07 Å². The molecule has 0 saturated heterocycles. The van der Waals surface area contributed by atoms with Gasteiger partial charge in [0.25, 0.3) is 0 Å². The Morgan fingerprint density at radius 3 is 2.47 bits per heavy atom. The maximum atomic E-state index is 9.77. The quantitative estimate of drug-likeness (QED) is 0.910. The minimum absolute atomic E-state index is 0.567. The van der Waals surface area contributed by atoms with Crippen LogP contribution in [-0.2, 0) is 0 Å². The van der Waals surface area contributed by atoms with E-state index in [0.29, 0.717) is 10.6 Å². The number of benzene rings is 2. The molecule has 0 heterocycles. The lowest BCUT2D eigenvalue weighted by molar-refractivity contribution is 0.196. The Kier molecular flexibility index (Phi) is 4.49.